The van der Waals surface area contributed by atoms with Crippen LogP contribution in [0.1, 0.15) is 60.8 Å². The van der Waals surface area contributed by atoms with Gasteiger partial charge in [-0.05, 0) is 46.1 Å². The zero-order chi connectivity index (χ0) is 29.6. The number of carbonyl (C=O) groups excluding carboxylic acids is 4. The first-order chi connectivity index (χ1) is 18.8. The second-order valence-corrected chi connectivity index (χ2v) is 13.3. The molecule has 222 valence electrons. The van der Waals surface area contributed by atoms with Gasteiger partial charge in [-0.1, -0.05) is 48.4 Å². The lowest BCUT2D eigenvalue weighted by Gasteiger charge is -2.43. The number of esters is 1. The molecule has 2 saturated heterocycles. The quantitative estimate of drug-likeness (QED) is 0.363. The van der Waals surface area contributed by atoms with E-state index in [1.807, 2.05) is 46.8 Å². The first-order valence-electron chi connectivity index (χ1n) is 14.2. The molecule has 5 bridgehead atoms. The number of allylic oxidation sites excluding steroid dienone is 1. The van der Waals surface area contributed by atoms with Gasteiger partial charge in [0.25, 0.3) is 0 Å². The Morgan fingerprint density at radius 1 is 1.20 bits per heavy atom. The van der Waals surface area contributed by atoms with E-state index in [4.69, 9.17) is 9.47 Å². The molecular formula is C29H42BrN3O7. The maximum Gasteiger partial charge on any atom is 0.313 e. The van der Waals surface area contributed by atoms with Crippen molar-refractivity contribution >= 4 is 39.6 Å². The summed E-state index contributed by atoms with van der Waals surface area (Å²) < 4.78 is 12.8. The van der Waals surface area contributed by atoms with Crippen LogP contribution in [0.5, 0.6) is 0 Å². The minimum absolute atomic E-state index is 0.112. The number of nitrogens with zero attached hydrogens (tertiary/aromatic N) is 2. The number of hydrogen-bond acceptors (Lipinski definition) is 7. The highest BCUT2D eigenvalue weighted by Crippen LogP contribution is 2.59. The van der Waals surface area contributed by atoms with E-state index in [1.54, 1.807) is 17.9 Å². The van der Waals surface area contributed by atoms with E-state index < -0.39 is 59.1 Å². The van der Waals surface area contributed by atoms with Crippen molar-refractivity contribution in [3.8, 4) is 0 Å². The lowest BCUT2D eigenvalue weighted by molar-refractivity contribution is -0.160. The Hall–Kier alpha value is -2.24. The number of nitrogens with one attached hydrogen (secondary N) is 1. The molecular weight excluding hydrogens is 582 g/mol. The maximum absolute atomic E-state index is 14.7. The summed E-state index contributed by atoms with van der Waals surface area (Å²) in [6.07, 6.45) is 5.51. The molecule has 11 heteroatoms. The highest BCUT2D eigenvalue weighted by molar-refractivity contribution is 9.11. The molecule has 4 aliphatic heterocycles. The number of rotatable bonds is 4. The van der Waals surface area contributed by atoms with Crippen molar-refractivity contribution in [2.75, 3.05) is 19.7 Å². The van der Waals surface area contributed by atoms with E-state index in [1.165, 1.54) is 4.90 Å². The summed E-state index contributed by atoms with van der Waals surface area (Å²) in [4.78, 5) is 58.2. The number of halogens is 1. The van der Waals surface area contributed by atoms with Crippen LogP contribution in [-0.4, -0.2) is 93.7 Å². The Balaban J connectivity index is 1.88. The Labute approximate surface area is 244 Å². The number of aliphatic hydroxyl groups excluding tert-OH is 1. The Morgan fingerprint density at radius 2 is 1.90 bits per heavy atom. The molecule has 4 rings (SSSR count). The smallest absolute Gasteiger partial charge is 0.313 e. The molecule has 0 aromatic carbocycles. The van der Waals surface area contributed by atoms with Gasteiger partial charge in [0.1, 0.15) is 29.8 Å². The van der Waals surface area contributed by atoms with Gasteiger partial charge in [-0.25, -0.2) is 0 Å². The summed E-state index contributed by atoms with van der Waals surface area (Å²) in [6, 6.07) is -1.73. The van der Waals surface area contributed by atoms with Crippen LogP contribution >= 0.6 is 15.9 Å². The minimum atomic E-state index is -1.40. The van der Waals surface area contributed by atoms with Crippen molar-refractivity contribution in [3.63, 3.8) is 0 Å². The molecule has 0 radical (unpaired) electrons. The lowest BCUT2D eigenvalue weighted by Crippen LogP contribution is -2.62. The van der Waals surface area contributed by atoms with Gasteiger partial charge in [0, 0.05) is 23.0 Å². The molecule has 40 heavy (non-hydrogen) atoms. The number of cyclic esters (lactones) is 1. The molecule has 10 nitrogen and oxygen atoms in total. The van der Waals surface area contributed by atoms with E-state index in [9.17, 15) is 24.3 Å². The van der Waals surface area contributed by atoms with Crippen molar-refractivity contribution in [2.45, 2.75) is 96.2 Å². The number of ether oxygens (including phenoxy) is 2. The number of aliphatic hydroxyl groups is 1. The van der Waals surface area contributed by atoms with Crippen LogP contribution in [0, 0.1) is 17.8 Å². The SMILES string of the molecule is CC[C@H](C)[C@H](CO)N1C(=O)[C@H]2[C@@H]3C(=O)O[C@H](C)CNC(=O)CC/C=C\CN(C(C)(C)C)C(=O)[C@H]1[C@@]21C=C(Br)[C@@H]3O1. The van der Waals surface area contributed by atoms with E-state index >= 15 is 0 Å². The van der Waals surface area contributed by atoms with Gasteiger partial charge in [-0.15, -0.1) is 0 Å². The molecule has 0 aliphatic carbocycles. The molecule has 0 aromatic heterocycles. The van der Waals surface area contributed by atoms with Crippen LogP contribution in [0.25, 0.3) is 0 Å². The molecule has 3 amide bonds. The van der Waals surface area contributed by atoms with Crippen LogP contribution < -0.4 is 5.32 Å². The average molecular weight is 625 g/mol. The normalized spacial score (nSPS) is 35.7. The number of hydrogen-bond donors (Lipinski definition) is 2. The van der Waals surface area contributed by atoms with E-state index in [0.29, 0.717) is 17.3 Å². The topological polar surface area (TPSA) is 125 Å². The number of likely N-dealkylation sites (tertiary alicyclic amines) is 1. The van der Waals surface area contributed by atoms with Crippen molar-refractivity contribution in [2.24, 2.45) is 17.8 Å². The first-order valence-corrected chi connectivity index (χ1v) is 15.0. The Kier molecular flexibility index (Phi) is 8.88. The summed E-state index contributed by atoms with van der Waals surface area (Å²) in [7, 11) is 0. The second kappa shape index (κ2) is 11.6. The predicted octanol–water partition coefficient (Wildman–Crippen LogP) is 2.29. The molecule has 2 N–H and O–H groups in total. The third-order valence-corrected chi connectivity index (χ3v) is 9.37. The third-order valence-electron chi connectivity index (χ3n) is 8.69. The number of carbonyl (C=O) groups is 4. The Morgan fingerprint density at radius 3 is 2.52 bits per heavy atom. The highest BCUT2D eigenvalue weighted by Gasteiger charge is 2.75. The summed E-state index contributed by atoms with van der Waals surface area (Å²) in [6.45, 7) is 11.4. The van der Waals surface area contributed by atoms with Crippen molar-refractivity contribution in [3.05, 3.63) is 22.7 Å². The minimum Gasteiger partial charge on any atom is -0.460 e. The molecule has 0 aromatic rings. The zero-order valence-corrected chi connectivity index (χ0v) is 25.8. The van der Waals surface area contributed by atoms with Crippen molar-refractivity contribution in [1.82, 2.24) is 15.1 Å². The predicted molar refractivity (Wildman–Crippen MR) is 151 cm³/mol. The van der Waals surface area contributed by atoms with Gasteiger partial charge >= 0.3 is 5.97 Å². The molecule has 8 atom stereocenters. The standard InChI is InChI=1S/C29H42BrN3O7/c1-7-16(2)19(15-34)33-24-26(37)32(28(4,5)6)12-10-8-9-11-20(35)31-14-17(3)39-27(38)21-22(25(33)36)29(24)13-18(30)23(21)40-29/h8,10,13,16-17,19,21-24,34H,7,9,11-12,14-15H2,1-6H3,(H,31,35)/b10-8-/t16-,17+,19-,21-,22+,23-,24-,29+/m0/s1. The fourth-order valence-corrected chi connectivity index (χ4v) is 7.13. The van der Waals surface area contributed by atoms with Gasteiger partial charge < -0.3 is 29.7 Å². The summed E-state index contributed by atoms with van der Waals surface area (Å²) in [5.41, 5.74) is -2.03. The van der Waals surface area contributed by atoms with E-state index in [0.717, 1.165) is 0 Å². The third kappa shape index (κ3) is 5.25. The van der Waals surface area contributed by atoms with Crippen LogP contribution in [-0.2, 0) is 28.7 Å². The molecule has 4 heterocycles. The van der Waals surface area contributed by atoms with Crippen LogP contribution in [0.15, 0.2) is 22.7 Å². The number of fused-ring (bicyclic) bond motifs is 2. The number of amides is 3. The summed E-state index contributed by atoms with van der Waals surface area (Å²) in [5, 5.41) is 13.3. The maximum atomic E-state index is 14.7. The highest BCUT2D eigenvalue weighted by atomic mass is 79.9. The van der Waals surface area contributed by atoms with E-state index in [2.05, 4.69) is 21.2 Å². The largest absolute Gasteiger partial charge is 0.460 e. The van der Waals surface area contributed by atoms with Gasteiger partial charge in [0.2, 0.25) is 17.7 Å². The monoisotopic (exact) mass is 623 g/mol. The van der Waals surface area contributed by atoms with Crippen LogP contribution in [0.2, 0.25) is 0 Å². The van der Waals surface area contributed by atoms with E-state index in [-0.39, 0.29) is 43.8 Å². The van der Waals surface area contributed by atoms with Gasteiger partial charge in [-0.3, -0.25) is 19.2 Å². The van der Waals surface area contributed by atoms with Crippen LogP contribution in [0.3, 0.4) is 0 Å². The van der Waals surface area contributed by atoms with Gasteiger partial charge in [0.15, 0.2) is 0 Å². The molecule has 0 saturated carbocycles. The first kappa shape index (κ1) is 30.7. The summed E-state index contributed by atoms with van der Waals surface area (Å²) >= 11 is 3.55. The van der Waals surface area contributed by atoms with Crippen molar-refractivity contribution in [1.29, 1.82) is 0 Å². The lowest BCUT2D eigenvalue weighted by atomic mass is 9.74. The van der Waals surface area contributed by atoms with Gasteiger partial charge in [0.05, 0.1) is 25.1 Å². The summed E-state index contributed by atoms with van der Waals surface area (Å²) in [5.74, 6) is -3.60. The molecule has 4 aliphatic rings. The van der Waals surface area contributed by atoms with Crippen molar-refractivity contribution < 1.29 is 33.8 Å². The Bertz CT molecular complexity index is 1100. The zero-order valence-electron chi connectivity index (χ0n) is 24.2. The fourth-order valence-electron chi connectivity index (χ4n) is 6.40. The fraction of sp³-hybridized carbons (Fsp3) is 0.724. The van der Waals surface area contributed by atoms with Crippen LogP contribution in [0.4, 0.5) is 0 Å². The molecule has 1 spiro atoms. The second-order valence-electron chi connectivity index (χ2n) is 12.4. The average Bonchev–Trinajstić information content (AvgIpc) is 3.47. The molecule has 0 unspecified atom stereocenters. The molecule has 2 fully saturated rings. The van der Waals surface area contributed by atoms with Gasteiger partial charge in [-0.2, -0.15) is 0 Å².